The van der Waals surface area contributed by atoms with Crippen molar-refractivity contribution in [2.75, 3.05) is 26.2 Å². The van der Waals surface area contributed by atoms with Crippen molar-refractivity contribution < 1.29 is 4.79 Å². The van der Waals surface area contributed by atoms with E-state index in [9.17, 15) is 4.79 Å². The van der Waals surface area contributed by atoms with E-state index >= 15 is 0 Å². The van der Waals surface area contributed by atoms with Gasteiger partial charge in [-0.25, -0.2) is 0 Å². The topological polar surface area (TPSA) is 28.5 Å². The molecule has 1 amide bonds. The third-order valence-electron chi connectivity index (χ3n) is 5.93. The predicted molar refractivity (Wildman–Crippen MR) is 114 cm³/mol. The first-order chi connectivity index (χ1) is 13.7. The third-order valence-corrected chi connectivity index (χ3v) is 5.93. The van der Waals surface area contributed by atoms with Crippen LogP contribution >= 0.6 is 0 Å². The van der Waals surface area contributed by atoms with Crippen molar-refractivity contribution in [3.63, 3.8) is 0 Å². The molecule has 2 aliphatic heterocycles. The summed E-state index contributed by atoms with van der Waals surface area (Å²) >= 11 is 0. The van der Waals surface area contributed by atoms with Gasteiger partial charge in [-0.15, -0.1) is 0 Å². The lowest BCUT2D eigenvalue weighted by atomic mass is 10.1. The molecular weight excluding hydrogens is 346 g/mol. The standard InChI is InChI=1S/C24H29N3O/c1-2-3-7-22-8-6-16-26(22)18-20-9-11-21(12-10-20)24(28)27-17-13-23(19-27)25-14-4-5-15-25/h2-3,6-12,16,23H,1,4-5,13-15,17-19H2/b7-3-. The Kier molecular flexibility index (Phi) is 5.77. The highest BCUT2D eigenvalue weighted by molar-refractivity contribution is 5.94. The van der Waals surface area contributed by atoms with Crippen molar-refractivity contribution in [1.82, 2.24) is 14.4 Å². The zero-order valence-electron chi connectivity index (χ0n) is 16.5. The van der Waals surface area contributed by atoms with Gasteiger partial charge in [0.05, 0.1) is 0 Å². The van der Waals surface area contributed by atoms with E-state index in [1.165, 1.54) is 31.5 Å². The first-order valence-corrected chi connectivity index (χ1v) is 10.3. The predicted octanol–water partition coefficient (Wildman–Crippen LogP) is 4.05. The van der Waals surface area contributed by atoms with Crippen LogP contribution in [0.4, 0.5) is 0 Å². The zero-order valence-corrected chi connectivity index (χ0v) is 16.5. The van der Waals surface area contributed by atoms with Gasteiger partial charge in [0.15, 0.2) is 0 Å². The second-order valence-corrected chi connectivity index (χ2v) is 7.79. The van der Waals surface area contributed by atoms with Crippen LogP contribution in [0.25, 0.3) is 6.08 Å². The van der Waals surface area contributed by atoms with E-state index in [0.717, 1.165) is 37.3 Å². The number of hydrogen-bond donors (Lipinski definition) is 0. The fourth-order valence-corrected chi connectivity index (χ4v) is 4.35. The molecule has 1 aromatic heterocycles. The van der Waals surface area contributed by atoms with Gasteiger partial charge in [-0.05, 0) is 68.3 Å². The Morgan fingerprint density at radius 3 is 2.64 bits per heavy atom. The van der Waals surface area contributed by atoms with Crippen LogP contribution in [-0.2, 0) is 6.54 Å². The summed E-state index contributed by atoms with van der Waals surface area (Å²) in [7, 11) is 0. The van der Waals surface area contributed by atoms with Gasteiger partial charge in [-0.2, -0.15) is 0 Å². The van der Waals surface area contributed by atoms with Crippen molar-refractivity contribution in [2.24, 2.45) is 0 Å². The first kappa shape index (κ1) is 18.8. The van der Waals surface area contributed by atoms with Gasteiger partial charge in [-0.1, -0.05) is 30.9 Å². The molecule has 4 rings (SSSR count). The number of amides is 1. The molecule has 0 N–H and O–H groups in total. The summed E-state index contributed by atoms with van der Waals surface area (Å²) in [4.78, 5) is 17.5. The molecule has 3 heterocycles. The van der Waals surface area contributed by atoms with Crippen molar-refractivity contribution in [3.8, 4) is 0 Å². The minimum atomic E-state index is 0.170. The van der Waals surface area contributed by atoms with Crippen LogP contribution < -0.4 is 0 Å². The Bertz CT molecular complexity index is 843. The van der Waals surface area contributed by atoms with Crippen LogP contribution in [0.1, 0.15) is 40.9 Å². The number of carbonyl (C=O) groups is 1. The van der Waals surface area contributed by atoms with E-state index in [1.807, 2.05) is 29.2 Å². The van der Waals surface area contributed by atoms with Gasteiger partial charge in [0, 0.05) is 43.1 Å². The van der Waals surface area contributed by atoms with Crippen LogP contribution in [0, 0.1) is 0 Å². The second-order valence-electron chi connectivity index (χ2n) is 7.79. The number of aromatic nitrogens is 1. The van der Waals surface area contributed by atoms with E-state index in [1.54, 1.807) is 6.08 Å². The molecule has 2 fully saturated rings. The van der Waals surface area contributed by atoms with Crippen molar-refractivity contribution >= 4 is 12.0 Å². The van der Waals surface area contributed by atoms with Gasteiger partial charge in [0.25, 0.3) is 5.91 Å². The molecule has 0 bridgehead atoms. The van der Waals surface area contributed by atoms with Gasteiger partial charge in [0.2, 0.25) is 0 Å². The van der Waals surface area contributed by atoms with Gasteiger partial charge in [-0.3, -0.25) is 9.69 Å². The van der Waals surface area contributed by atoms with E-state index in [0.29, 0.717) is 6.04 Å². The molecule has 2 aliphatic rings. The number of carbonyl (C=O) groups excluding carboxylic acids is 1. The monoisotopic (exact) mass is 375 g/mol. The van der Waals surface area contributed by atoms with Gasteiger partial charge >= 0.3 is 0 Å². The average molecular weight is 376 g/mol. The highest BCUT2D eigenvalue weighted by atomic mass is 16.2. The van der Waals surface area contributed by atoms with E-state index in [-0.39, 0.29) is 5.91 Å². The van der Waals surface area contributed by atoms with E-state index in [2.05, 4.69) is 46.5 Å². The fourth-order valence-electron chi connectivity index (χ4n) is 4.35. The number of nitrogens with zero attached hydrogens (tertiary/aromatic N) is 3. The molecule has 4 nitrogen and oxygen atoms in total. The molecule has 0 saturated carbocycles. The SMILES string of the molecule is C=C/C=C\c1cccn1Cc1ccc(C(=O)N2CCC(N3CCCC3)C2)cc1. The number of benzene rings is 1. The quantitative estimate of drug-likeness (QED) is 0.713. The molecule has 2 saturated heterocycles. The summed E-state index contributed by atoms with van der Waals surface area (Å²) in [5, 5.41) is 0. The third kappa shape index (κ3) is 4.12. The second kappa shape index (κ2) is 8.61. The normalized spacial score (nSPS) is 20.3. The average Bonchev–Trinajstić information content (AvgIpc) is 3.47. The van der Waals surface area contributed by atoms with Crippen LogP contribution in [-0.4, -0.2) is 52.5 Å². The lowest BCUT2D eigenvalue weighted by Gasteiger charge is -2.23. The van der Waals surface area contributed by atoms with Gasteiger partial charge < -0.3 is 9.47 Å². The van der Waals surface area contributed by atoms with Crippen molar-refractivity contribution in [1.29, 1.82) is 0 Å². The molecular formula is C24H29N3O. The minimum absolute atomic E-state index is 0.170. The van der Waals surface area contributed by atoms with Crippen LogP contribution in [0.15, 0.2) is 61.3 Å². The molecule has 0 spiro atoms. The molecule has 1 aromatic carbocycles. The number of hydrogen-bond acceptors (Lipinski definition) is 2. The van der Waals surface area contributed by atoms with Gasteiger partial charge in [0.1, 0.15) is 0 Å². The molecule has 4 heteroatoms. The van der Waals surface area contributed by atoms with Crippen molar-refractivity contribution in [2.45, 2.75) is 31.8 Å². The van der Waals surface area contributed by atoms with Crippen LogP contribution in [0.3, 0.4) is 0 Å². The van der Waals surface area contributed by atoms with Crippen molar-refractivity contribution in [3.05, 3.63) is 78.1 Å². The summed E-state index contributed by atoms with van der Waals surface area (Å²) in [5.74, 6) is 0.170. The van der Waals surface area contributed by atoms with Crippen LogP contribution in [0.2, 0.25) is 0 Å². The largest absolute Gasteiger partial charge is 0.344 e. The smallest absolute Gasteiger partial charge is 0.253 e. The molecule has 0 radical (unpaired) electrons. The summed E-state index contributed by atoms with van der Waals surface area (Å²) in [6.07, 6.45) is 11.6. The fraction of sp³-hybridized carbons (Fsp3) is 0.375. The summed E-state index contributed by atoms with van der Waals surface area (Å²) in [6, 6.07) is 12.8. The summed E-state index contributed by atoms with van der Waals surface area (Å²) in [6.45, 7) is 8.67. The number of likely N-dealkylation sites (tertiary alicyclic amines) is 2. The van der Waals surface area contributed by atoms with E-state index < -0.39 is 0 Å². The maximum atomic E-state index is 12.9. The Balaban J connectivity index is 1.38. The molecule has 0 aliphatic carbocycles. The highest BCUT2D eigenvalue weighted by Gasteiger charge is 2.31. The minimum Gasteiger partial charge on any atom is -0.344 e. The molecule has 28 heavy (non-hydrogen) atoms. The Labute approximate surface area is 167 Å². The lowest BCUT2D eigenvalue weighted by molar-refractivity contribution is 0.0780. The summed E-state index contributed by atoms with van der Waals surface area (Å²) < 4.78 is 2.19. The van der Waals surface area contributed by atoms with Crippen LogP contribution in [0.5, 0.6) is 0 Å². The molecule has 2 aromatic rings. The Hall–Kier alpha value is -2.59. The number of rotatable bonds is 6. The zero-order chi connectivity index (χ0) is 19.3. The maximum Gasteiger partial charge on any atom is 0.253 e. The Morgan fingerprint density at radius 2 is 1.89 bits per heavy atom. The highest BCUT2D eigenvalue weighted by Crippen LogP contribution is 2.22. The molecule has 1 atom stereocenters. The maximum absolute atomic E-state index is 12.9. The molecule has 146 valence electrons. The first-order valence-electron chi connectivity index (χ1n) is 10.3. The van der Waals surface area contributed by atoms with E-state index in [4.69, 9.17) is 0 Å². The lowest BCUT2D eigenvalue weighted by Crippen LogP contribution is -2.37. The molecule has 1 unspecified atom stereocenters. The number of allylic oxidation sites excluding steroid dienone is 2. The summed E-state index contributed by atoms with van der Waals surface area (Å²) in [5.41, 5.74) is 3.13. The Morgan fingerprint density at radius 1 is 1.11 bits per heavy atom.